The monoisotopic (exact) mass is 564 g/mol. The van der Waals surface area contributed by atoms with Gasteiger partial charge in [0, 0.05) is 10.8 Å². The number of rotatable bonds is 8. The first-order valence-corrected chi connectivity index (χ1v) is 13.0. The van der Waals surface area contributed by atoms with Gasteiger partial charge in [0.25, 0.3) is 0 Å². The van der Waals surface area contributed by atoms with Crippen LogP contribution in [0.5, 0.6) is 11.5 Å². The average Bonchev–Trinajstić information content (AvgIpc) is 3.62. The largest absolute Gasteiger partial charge is 0.497 e. The molecule has 10 heteroatoms. The first-order valence-electron chi connectivity index (χ1n) is 13.0. The maximum atomic E-state index is 12.8. The molecule has 0 unspecified atom stereocenters. The molecule has 0 aliphatic carbocycles. The van der Waals surface area contributed by atoms with Gasteiger partial charge in [-0.3, -0.25) is 9.78 Å². The molecule has 4 aromatic carbocycles. The molecule has 2 N–H and O–H groups in total. The lowest BCUT2D eigenvalue weighted by atomic mass is 10.2. The van der Waals surface area contributed by atoms with Gasteiger partial charge < -0.3 is 19.3 Å². The molecule has 0 aliphatic heterocycles. The molecule has 2 heterocycles. The fraction of sp³-hybridized carbons (Fsp3) is 0.125. The van der Waals surface area contributed by atoms with E-state index in [1.807, 2.05) is 83.5 Å². The Balaban J connectivity index is 0.000000211. The Bertz CT molecular complexity index is 1830. The topological polar surface area (TPSA) is 129 Å². The number of ether oxygens (including phenoxy) is 3. The number of aromatic amines is 1. The molecular formula is C32H28N4O6. The van der Waals surface area contributed by atoms with Crippen molar-refractivity contribution in [3.05, 3.63) is 120 Å². The highest BCUT2D eigenvalue weighted by atomic mass is 16.5. The minimum Gasteiger partial charge on any atom is -0.497 e. The fourth-order valence-corrected chi connectivity index (χ4v) is 4.39. The van der Waals surface area contributed by atoms with Crippen LogP contribution in [-0.2, 0) is 17.9 Å². The van der Waals surface area contributed by atoms with E-state index in [2.05, 4.69) is 15.3 Å². The Morgan fingerprint density at radius 1 is 0.786 bits per heavy atom. The van der Waals surface area contributed by atoms with Gasteiger partial charge in [-0.15, -0.1) is 0 Å². The van der Waals surface area contributed by atoms with E-state index in [-0.39, 0.29) is 12.3 Å². The van der Waals surface area contributed by atoms with Crippen molar-refractivity contribution in [2.75, 3.05) is 14.2 Å². The third-order valence-corrected chi connectivity index (χ3v) is 6.51. The number of carboxylic acid groups (broad SMARTS) is 1. The Morgan fingerprint density at radius 3 is 2.05 bits per heavy atom. The molecule has 0 saturated heterocycles. The minimum atomic E-state index is -1.05. The van der Waals surface area contributed by atoms with E-state index in [0.717, 1.165) is 16.6 Å². The highest BCUT2D eigenvalue weighted by molar-refractivity contribution is 6.03. The number of carbonyl (C=O) groups excluding carboxylic acids is 1. The molecule has 6 aromatic rings. The summed E-state index contributed by atoms with van der Waals surface area (Å²) in [6.45, 7) is 0.770. The van der Waals surface area contributed by atoms with Crippen LogP contribution in [0.25, 0.3) is 21.8 Å². The van der Waals surface area contributed by atoms with E-state index in [1.165, 1.54) is 7.11 Å². The summed E-state index contributed by atoms with van der Waals surface area (Å²) in [5.74, 6) is -0.219. The van der Waals surface area contributed by atoms with Gasteiger partial charge in [-0.25, -0.2) is 9.59 Å². The zero-order valence-electron chi connectivity index (χ0n) is 23.0. The van der Waals surface area contributed by atoms with Crippen molar-refractivity contribution in [1.29, 1.82) is 0 Å². The number of aromatic nitrogens is 4. The van der Waals surface area contributed by atoms with Crippen molar-refractivity contribution >= 4 is 33.7 Å². The molecule has 42 heavy (non-hydrogen) atoms. The molecule has 0 saturated carbocycles. The van der Waals surface area contributed by atoms with Gasteiger partial charge in [-0.1, -0.05) is 60.7 Å². The second-order valence-electron chi connectivity index (χ2n) is 9.23. The van der Waals surface area contributed by atoms with Crippen molar-refractivity contribution in [3.8, 4) is 11.5 Å². The zero-order valence-corrected chi connectivity index (χ0v) is 23.0. The van der Waals surface area contributed by atoms with E-state index >= 15 is 0 Å². The molecule has 0 atom stereocenters. The van der Waals surface area contributed by atoms with Crippen LogP contribution in [0.2, 0.25) is 0 Å². The predicted octanol–water partition coefficient (Wildman–Crippen LogP) is 5.72. The van der Waals surface area contributed by atoms with Gasteiger partial charge in [0.15, 0.2) is 11.4 Å². The summed E-state index contributed by atoms with van der Waals surface area (Å²) in [7, 11) is 3.13. The quantitative estimate of drug-likeness (QED) is 0.225. The second kappa shape index (κ2) is 12.7. The van der Waals surface area contributed by atoms with Crippen LogP contribution in [-0.4, -0.2) is 51.2 Å². The highest BCUT2D eigenvalue weighted by Crippen LogP contribution is 2.26. The summed E-state index contributed by atoms with van der Waals surface area (Å²) in [6, 6.07) is 30.3. The summed E-state index contributed by atoms with van der Waals surface area (Å²) in [6.07, 6.45) is 0. The molecule has 0 aliphatic rings. The van der Waals surface area contributed by atoms with Crippen LogP contribution in [0.1, 0.15) is 32.1 Å². The summed E-state index contributed by atoms with van der Waals surface area (Å²) in [5, 5.41) is 21.0. The van der Waals surface area contributed by atoms with Gasteiger partial charge in [0.05, 0.1) is 31.8 Å². The lowest BCUT2D eigenvalue weighted by Gasteiger charge is -2.04. The van der Waals surface area contributed by atoms with Crippen LogP contribution in [0.15, 0.2) is 97.1 Å². The normalized spacial score (nSPS) is 10.6. The van der Waals surface area contributed by atoms with E-state index < -0.39 is 11.9 Å². The SMILES string of the molecule is COc1ccc2[nH]nc(C(=O)O)c2c1.COc1ccc2c(c1)c(C(=O)OCc1ccccc1)nn2Cc1ccccc1. The Hall–Kier alpha value is -5.64. The standard InChI is InChI=1S/C23H20N2O3.C9H8N2O3/c1-27-19-12-13-21-20(14-19)22(23(26)28-16-18-10-6-3-7-11-18)24-25(21)15-17-8-4-2-5-9-17;1-14-5-2-3-7-6(4-5)8(9(12)13)11-10-7/h2-14H,15-16H2,1H3;2-4H,1H3,(H,10,11)(H,12,13). The van der Waals surface area contributed by atoms with Crippen molar-refractivity contribution in [1.82, 2.24) is 20.0 Å². The zero-order chi connectivity index (χ0) is 29.5. The van der Waals surface area contributed by atoms with Gasteiger partial charge in [0.2, 0.25) is 0 Å². The number of carbonyl (C=O) groups is 2. The number of aromatic carboxylic acids is 1. The maximum absolute atomic E-state index is 12.8. The van der Waals surface area contributed by atoms with Gasteiger partial charge in [0.1, 0.15) is 18.1 Å². The van der Waals surface area contributed by atoms with E-state index in [1.54, 1.807) is 25.3 Å². The molecular weight excluding hydrogens is 536 g/mol. The van der Waals surface area contributed by atoms with E-state index in [4.69, 9.17) is 19.3 Å². The van der Waals surface area contributed by atoms with Crippen molar-refractivity contribution in [3.63, 3.8) is 0 Å². The Kier molecular flexibility index (Phi) is 8.43. The van der Waals surface area contributed by atoms with E-state index in [0.29, 0.717) is 40.0 Å². The smallest absolute Gasteiger partial charge is 0.359 e. The van der Waals surface area contributed by atoms with Crippen LogP contribution in [0.4, 0.5) is 0 Å². The number of methoxy groups -OCH3 is 2. The van der Waals surface area contributed by atoms with Gasteiger partial charge in [-0.05, 0) is 47.5 Å². The number of H-pyrrole nitrogens is 1. The third kappa shape index (κ3) is 6.23. The second-order valence-corrected chi connectivity index (χ2v) is 9.23. The number of hydrogen-bond donors (Lipinski definition) is 2. The molecule has 0 spiro atoms. The van der Waals surface area contributed by atoms with Crippen LogP contribution in [0, 0.1) is 0 Å². The lowest BCUT2D eigenvalue weighted by Crippen LogP contribution is -2.08. The highest BCUT2D eigenvalue weighted by Gasteiger charge is 2.20. The average molecular weight is 565 g/mol. The molecule has 10 nitrogen and oxygen atoms in total. The molecule has 2 aromatic heterocycles. The molecule has 0 amide bonds. The Labute approximate surface area is 241 Å². The summed E-state index contributed by atoms with van der Waals surface area (Å²) >= 11 is 0. The number of benzene rings is 4. The molecule has 0 fully saturated rings. The first kappa shape index (κ1) is 27.9. The maximum Gasteiger partial charge on any atom is 0.359 e. The number of fused-ring (bicyclic) bond motifs is 2. The van der Waals surface area contributed by atoms with Gasteiger partial charge >= 0.3 is 11.9 Å². The predicted molar refractivity (Wildman–Crippen MR) is 157 cm³/mol. The molecule has 0 radical (unpaired) electrons. The van der Waals surface area contributed by atoms with Crippen LogP contribution >= 0.6 is 0 Å². The van der Waals surface area contributed by atoms with E-state index in [9.17, 15) is 9.59 Å². The minimum absolute atomic E-state index is 0.0129. The van der Waals surface area contributed by atoms with Crippen LogP contribution < -0.4 is 9.47 Å². The van der Waals surface area contributed by atoms with Crippen LogP contribution in [0.3, 0.4) is 0 Å². The number of nitrogens with one attached hydrogen (secondary N) is 1. The fourth-order valence-electron chi connectivity index (χ4n) is 4.39. The molecule has 212 valence electrons. The van der Waals surface area contributed by atoms with Gasteiger partial charge in [-0.2, -0.15) is 10.2 Å². The number of hydrogen-bond acceptors (Lipinski definition) is 7. The summed E-state index contributed by atoms with van der Waals surface area (Å²) in [4.78, 5) is 23.5. The number of carboxylic acids is 1. The van der Waals surface area contributed by atoms with Crippen molar-refractivity contribution < 1.29 is 28.9 Å². The first-order chi connectivity index (χ1) is 20.5. The molecule has 6 rings (SSSR count). The Morgan fingerprint density at radius 2 is 1.40 bits per heavy atom. The number of nitrogens with zero attached hydrogens (tertiary/aromatic N) is 3. The lowest BCUT2D eigenvalue weighted by molar-refractivity contribution is 0.0466. The molecule has 0 bridgehead atoms. The van der Waals surface area contributed by atoms with Crippen molar-refractivity contribution in [2.24, 2.45) is 0 Å². The third-order valence-electron chi connectivity index (χ3n) is 6.51. The van der Waals surface area contributed by atoms with Crippen molar-refractivity contribution in [2.45, 2.75) is 13.2 Å². The number of esters is 1. The summed E-state index contributed by atoms with van der Waals surface area (Å²) in [5.41, 5.74) is 3.88. The summed E-state index contributed by atoms with van der Waals surface area (Å²) < 4.78 is 17.6.